The fourth-order valence-corrected chi connectivity index (χ4v) is 5.14. The number of nitrogens with zero attached hydrogens (tertiary/aromatic N) is 3. The van der Waals surface area contributed by atoms with Crippen LogP contribution in [0.4, 0.5) is 5.69 Å². The van der Waals surface area contributed by atoms with Crippen LogP contribution in [0.25, 0.3) is 21.2 Å². The topological polar surface area (TPSA) is 250 Å². The lowest BCUT2D eigenvalue weighted by atomic mass is 9.84. The van der Waals surface area contributed by atoms with Crippen molar-refractivity contribution in [2.45, 2.75) is 61.2 Å². The maximum atomic E-state index is 11.6. The minimum atomic E-state index is -2.88. The van der Waals surface area contributed by atoms with Crippen LogP contribution in [-0.2, 0) is 31.9 Å². The summed E-state index contributed by atoms with van der Waals surface area (Å²) in [6.07, 6.45) is -13.6. The normalized spacial score (nSPS) is 33.7. The number of nitrogens with one attached hydrogen (secondary N) is 1. The molecule has 16 heteroatoms. The molecule has 0 radical (unpaired) electrons. The van der Waals surface area contributed by atoms with Gasteiger partial charge >= 0.3 is 0 Å². The number of hydrogen-bond donors (Lipinski definition) is 7. The quantitative estimate of drug-likeness (QED) is 0.0574. The van der Waals surface area contributed by atoms with E-state index in [9.17, 15) is 39.4 Å². The number of hydrogen-bond acceptors (Lipinski definition) is 12. The Kier molecular flexibility index (Phi) is 8.96. The van der Waals surface area contributed by atoms with Gasteiger partial charge in [0.2, 0.25) is 0 Å². The van der Waals surface area contributed by atoms with Crippen molar-refractivity contribution >= 4 is 27.7 Å². The van der Waals surface area contributed by atoms with Gasteiger partial charge in [0.05, 0.1) is 13.2 Å². The van der Waals surface area contributed by atoms with E-state index < -0.39 is 72.6 Å². The Balaban J connectivity index is 1.66. The van der Waals surface area contributed by atoms with Crippen molar-refractivity contribution in [2.24, 2.45) is 5.11 Å². The summed E-state index contributed by atoms with van der Waals surface area (Å²) in [7, 11) is 0. The van der Waals surface area contributed by atoms with Crippen molar-refractivity contribution in [2.75, 3.05) is 13.2 Å². The molecule has 3 unspecified atom stereocenters. The van der Waals surface area contributed by atoms with E-state index in [0.29, 0.717) is 22.0 Å². The Morgan fingerprint density at radius 3 is 2.61 bits per heavy atom. The highest BCUT2D eigenvalue weighted by Gasteiger charge is 2.64. The Morgan fingerprint density at radius 1 is 1.26 bits per heavy atom. The highest BCUT2D eigenvalue weighted by atomic mass is 32.2. The molecule has 10 atom stereocenters. The van der Waals surface area contributed by atoms with Crippen LogP contribution in [0.15, 0.2) is 41.5 Å². The summed E-state index contributed by atoms with van der Waals surface area (Å²) in [5, 5.41) is 67.5. The van der Waals surface area contributed by atoms with Gasteiger partial charge in [-0.25, -0.2) is 4.72 Å². The summed E-state index contributed by atoms with van der Waals surface area (Å²) in [5.74, 6) is 0. The molecule has 0 bridgehead atoms. The van der Waals surface area contributed by atoms with E-state index >= 15 is 0 Å². The van der Waals surface area contributed by atoms with E-state index in [0.717, 1.165) is 0 Å². The molecule has 4 rings (SSSR count). The number of benzene rings is 2. The predicted molar refractivity (Wildman–Crippen MR) is 128 cm³/mol. The van der Waals surface area contributed by atoms with Crippen LogP contribution >= 0.6 is 0 Å². The monoisotopic (exact) mass is 555 g/mol. The average molecular weight is 556 g/mol. The lowest BCUT2D eigenvalue weighted by Gasteiger charge is -2.39. The molecule has 2 heterocycles. The first-order chi connectivity index (χ1) is 18.1. The average Bonchev–Trinajstić information content (AvgIpc) is 3.35. The zero-order chi connectivity index (χ0) is 27.6. The highest BCUT2D eigenvalue weighted by Crippen LogP contribution is 2.39. The van der Waals surface area contributed by atoms with Gasteiger partial charge in [0.1, 0.15) is 42.9 Å². The van der Waals surface area contributed by atoms with Gasteiger partial charge in [0, 0.05) is 28.3 Å². The van der Waals surface area contributed by atoms with Gasteiger partial charge in [-0.2, -0.15) is 0 Å². The minimum Gasteiger partial charge on any atom is -0.760 e. The van der Waals surface area contributed by atoms with Crippen molar-refractivity contribution in [3.8, 4) is 0 Å². The fraction of sp³-hybridized carbons (Fsp3) is 0.545. The van der Waals surface area contributed by atoms with Gasteiger partial charge < -0.3 is 49.4 Å². The first kappa shape index (κ1) is 28.7. The third kappa shape index (κ3) is 5.41. The maximum absolute atomic E-state index is 11.6. The molecule has 0 aromatic heterocycles. The van der Waals surface area contributed by atoms with Crippen molar-refractivity contribution in [1.29, 1.82) is 0 Å². The largest absolute Gasteiger partial charge is 0.760 e. The number of ether oxygens (including phenoxy) is 3. The van der Waals surface area contributed by atoms with Crippen LogP contribution in [0.2, 0.25) is 0 Å². The van der Waals surface area contributed by atoms with Gasteiger partial charge in [-0.1, -0.05) is 41.5 Å². The third-order valence-electron chi connectivity index (χ3n) is 6.72. The summed E-state index contributed by atoms with van der Waals surface area (Å²) in [6, 6.07) is 9.99. The molecule has 0 aliphatic carbocycles. The van der Waals surface area contributed by atoms with Gasteiger partial charge in [-0.05, 0) is 21.9 Å². The second kappa shape index (κ2) is 11.8. The van der Waals surface area contributed by atoms with Crippen LogP contribution in [0.1, 0.15) is 5.56 Å². The van der Waals surface area contributed by atoms with Crippen LogP contribution in [0.3, 0.4) is 0 Å². The van der Waals surface area contributed by atoms with E-state index in [4.69, 9.17) is 19.7 Å². The fourth-order valence-electron chi connectivity index (χ4n) is 4.79. The van der Waals surface area contributed by atoms with Gasteiger partial charge in [-0.3, -0.25) is 4.21 Å². The maximum Gasteiger partial charge on any atom is 0.194 e. The van der Waals surface area contributed by atoms with Gasteiger partial charge in [0.25, 0.3) is 0 Å². The van der Waals surface area contributed by atoms with Gasteiger partial charge in [0.15, 0.2) is 11.9 Å². The molecule has 2 fully saturated rings. The van der Waals surface area contributed by atoms with Crippen LogP contribution < -0.4 is 4.72 Å². The summed E-state index contributed by atoms with van der Waals surface area (Å²) in [5.41, 5.74) is 7.00. The number of aliphatic hydroxyl groups excluding tert-OH is 5. The molecule has 0 saturated carbocycles. The molecule has 15 nitrogen and oxygen atoms in total. The first-order valence-electron chi connectivity index (χ1n) is 11.5. The molecule has 2 aliphatic rings. The SMILES string of the molecule is [N-]=[N+]=Nc1cccc2c(CC(NS(=O)[O-])O[C@H]3O[C@H](CO)[C@@H](O)[C@@]3(O)C(O)[C@H]3OC[C@@H](O)[C@@H]3O)cccc12. The molecule has 7 N–H and O–H groups in total. The summed E-state index contributed by atoms with van der Waals surface area (Å²) >= 11 is -2.88. The van der Waals surface area contributed by atoms with E-state index in [2.05, 4.69) is 14.7 Å². The van der Waals surface area contributed by atoms with Crippen molar-refractivity contribution in [3.05, 3.63) is 52.4 Å². The number of aliphatic hydroxyl groups is 6. The molecular formula is C22H27N4O11S-. The van der Waals surface area contributed by atoms with E-state index in [1.54, 1.807) is 36.4 Å². The molecule has 2 saturated heterocycles. The second-order valence-corrected chi connectivity index (χ2v) is 9.69. The summed E-state index contributed by atoms with van der Waals surface area (Å²) in [6.45, 7) is -1.16. The third-order valence-corrected chi connectivity index (χ3v) is 7.18. The van der Waals surface area contributed by atoms with Gasteiger partial charge in [-0.15, -0.1) is 0 Å². The lowest BCUT2D eigenvalue weighted by molar-refractivity contribution is -0.269. The molecule has 2 aliphatic heterocycles. The van der Waals surface area contributed by atoms with Crippen LogP contribution in [0, 0.1) is 0 Å². The van der Waals surface area contributed by atoms with Crippen molar-refractivity contribution < 1.29 is 53.6 Å². The van der Waals surface area contributed by atoms with Crippen LogP contribution in [-0.4, -0.2) is 107 Å². The van der Waals surface area contributed by atoms with E-state index in [1.807, 2.05) is 0 Å². The minimum absolute atomic E-state index is 0.155. The summed E-state index contributed by atoms with van der Waals surface area (Å²) in [4.78, 5) is 2.80. The number of rotatable bonds is 10. The van der Waals surface area contributed by atoms with E-state index in [1.165, 1.54) is 0 Å². The predicted octanol–water partition coefficient (Wildman–Crippen LogP) is -1.66. The zero-order valence-electron chi connectivity index (χ0n) is 19.7. The summed E-state index contributed by atoms with van der Waals surface area (Å²) < 4.78 is 41.6. The van der Waals surface area contributed by atoms with E-state index in [-0.39, 0.29) is 13.0 Å². The standard InChI is InChI=1S/C22H28N4O11S/c23-26-24-13-6-2-4-11-10(3-1-5-12(11)13)7-16(25-38(33)34)37-21-22(32,19(30)15(8-27)36-21)20(31)18-17(29)14(28)9-35-18/h1-6,14-21,25,27-32H,7-9H2,(H,33,34)/p-1/t14-,15-,16?,17+,18+,19-,20?,21-,22-/m1/s1. The molecule has 0 amide bonds. The smallest absolute Gasteiger partial charge is 0.194 e. The Labute approximate surface area is 218 Å². The van der Waals surface area contributed by atoms with Crippen molar-refractivity contribution in [1.82, 2.24) is 4.72 Å². The molecule has 208 valence electrons. The zero-order valence-corrected chi connectivity index (χ0v) is 20.5. The Hall–Kier alpha value is -2.28. The van der Waals surface area contributed by atoms with Crippen molar-refractivity contribution in [3.63, 3.8) is 0 Å². The molecular weight excluding hydrogens is 528 g/mol. The Morgan fingerprint density at radius 2 is 1.97 bits per heavy atom. The highest BCUT2D eigenvalue weighted by molar-refractivity contribution is 7.77. The van der Waals surface area contributed by atoms with Crippen LogP contribution in [0.5, 0.6) is 0 Å². The molecule has 2 aromatic rings. The Bertz CT molecular complexity index is 1220. The number of fused-ring (bicyclic) bond motifs is 1. The molecule has 2 aromatic carbocycles. The molecule has 38 heavy (non-hydrogen) atoms. The molecule has 0 spiro atoms. The lowest BCUT2D eigenvalue weighted by Crippen LogP contribution is -2.64. The first-order valence-corrected chi connectivity index (χ1v) is 12.6. The second-order valence-electron chi connectivity index (χ2n) is 8.98. The number of azide groups is 1.